The third-order valence-corrected chi connectivity index (χ3v) is 5.94. The van der Waals surface area contributed by atoms with E-state index in [0.717, 1.165) is 29.3 Å². The van der Waals surface area contributed by atoms with E-state index in [1.807, 2.05) is 43.3 Å². The van der Waals surface area contributed by atoms with Crippen LogP contribution in [0.15, 0.2) is 52.2 Å². The van der Waals surface area contributed by atoms with Gasteiger partial charge in [-0.2, -0.15) is 0 Å². The molecule has 0 aliphatic carbocycles. The summed E-state index contributed by atoms with van der Waals surface area (Å²) in [6, 6.07) is 13.8. The maximum atomic E-state index is 13.0. The number of benzene rings is 2. The van der Waals surface area contributed by atoms with Gasteiger partial charge in [0.25, 0.3) is 5.56 Å². The lowest BCUT2D eigenvalue weighted by Gasteiger charge is -2.20. The molecule has 1 aliphatic rings. The van der Waals surface area contributed by atoms with Gasteiger partial charge in [-0.3, -0.25) is 9.36 Å². The lowest BCUT2D eigenvalue weighted by atomic mass is 10.2. The molecule has 1 aromatic heterocycles. The van der Waals surface area contributed by atoms with Crippen LogP contribution in [0.1, 0.15) is 32.0 Å². The van der Waals surface area contributed by atoms with Gasteiger partial charge >= 0.3 is 0 Å². The minimum Gasteiger partial charge on any atom is -0.494 e. The van der Waals surface area contributed by atoms with Gasteiger partial charge in [0.2, 0.25) is 0 Å². The molecule has 0 spiro atoms. The predicted octanol–water partition coefficient (Wildman–Crippen LogP) is 4.24. The number of aromatic nitrogens is 2. The fourth-order valence-electron chi connectivity index (χ4n) is 4.06. The zero-order chi connectivity index (χ0) is 20.4. The Morgan fingerprint density at radius 3 is 2.72 bits per heavy atom. The first-order valence-corrected chi connectivity index (χ1v) is 10.7. The molecule has 1 saturated heterocycles. The Labute approximate surface area is 176 Å². The van der Waals surface area contributed by atoms with Crippen molar-refractivity contribution in [2.24, 2.45) is 0 Å². The highest BCUT2D eigenvalue weighted by Crippen LogP contribution is 2.19. The van der Waals surface area contributed by atoms with Crippen LogP contribution in [0, 0.1) is 6.92 Å². The average Bonchev–Trinajstić information content (AvgIpc) is 3.12. The van der Waals surface area contributed by atoms with E-state index in [2.05, 4.69) is 29.4 Å². The third kappa shape index (κ3) is 4.33. The van der Waals surface area contributed by atoms with Crippen LogP contribution in [0.3, 0.4) is 0 Å². The minimum absolute atomic E-state index is 0.0863. The molecule has 1 atom stereocenters. The van der Waals surface area contributed by atoms with Crippen LogP contribution in [-0.2, 0) is 0 Å². The first-order valence-electron chi connectivity index (χ1n) is 10.2. The van der Waals surface area contributed by atoms with Crippen molar-refractivity contribution in [2.45, 2.75) is 44.0 Å². The second-order valence-electron chi connectivity index (χ2n) is 7.72. The molecule has 2 aromatic carbocycles. The molecule has 0 unspecified atom stereocenters. The molecule has 0 N–H and O–H groups in total. The zero-order valence-corrected chi connectivity index (χ0v) is 17.9. The topological polar surface area (TPSA) is 47.4 Å². The van der Waals surface area contributed by atoms with Crippen molar-refractivity contribution in [3.63, 3.8) is 0 Å². The zero-order valence-electron chi connectivity index (χ0n) is 17.0. The van der Waals surface area contributed by atoms with Gasteiger partial charge in [-0.25, -0.2) is 4.98 Å². The maximum absolute atomic E-state index is 13.0. The van der Waals surface area contributed by atoms with Crippen LogP contribution < -0.4 is 10.3 Å². The number of hydrogen-bond acceptors (Lipinski definition) is 5. The summed E-state index contributed by atoms with van der Waals surface area (Å²) in [4.78, 5) is 20.9. The quantitative estimate of drug-likeness (QED) is 0.489. The van der Waals surface area contributed by atoms with Crippen LogP contribution in [-0.4, -0.2) is 40.2 Å². The molecular formula is C23H27N3O2S. The number of ether oxygens (including phenoxy) is 1. The van der Waals surface area contributed by atoms with E-state index >= 15 is 0 Å². The van der Waals surface area contributed by atoms with E-state index in [4.69, 9.17) is 4.74 Å². The number of nitrogens with zero attached hydrogens (tertiary/aromatic N) is 3. The summed E-state index contributed by atoms with van der Waals surface area (Å²) in [5.41, 5.74) is 1.38. The normalized spacial score (nSPS) is 17.1. The molecule has 4 rings (SSSR count). The number of aryl methyl sites for hydroxylation is 1. The lowest BCUT2D eigenvalue weighted by molar-refractivity contribution is 0.230. The van der Waals surface area contributed by atoms with Gasteiger partial charge < -0.3 is 9.64 Å². The number of thiol groups is 1. The van der Waals surface area contributed by atoms with Gasteiger partial charge in [0, 0.05) is 17.5 Å². The van der Waals surface area contributed by atoms with E-state index in [0.29, 0.717) is 29.4 Å². The number of rotatable bonds is 6. The van der Waals surface area contributed by atoms with Gasteiger partial charge in [-0.05, 0) is 82.1 Å². The molecule has 5 nitrogen and oxygen atoms in total. The van der Waals surface area contributed by atoms with Crippen molar-refractivity contribution in [3.8, 4) is 11.4 Å². The van der Waals surface area contributed by atoms with Crippen molar-refractivity contribution in [1.29, 1.82) is 0 Å². The van der Waals surface area contributed by atoms with Crippen molar-refractivity contribution in [1.82, 2.24) is 14.5 Å². The highest BCUT2D eigenvalue weighted by Gasteiger charge is 2.19. The van der Waals surface area contributed by atoms with E-state index in [-0.39, 0.29) is 5.56 Å². The van der Waals surface area contributed by atoms with Crippen molar-refractivity contribution in [2.75, 3.05) is 19.7 Å². The Balaban J connectivity index is 1.46. The van der Waals surface area contributed by atoms with Crippen LogP contribution in [0.25, 0.3) is 16.6 Å². The van der Waals surface area contributed by atoms with E-state index < -0.39 is 0 Å². The Hall–Kier alpha value is -2.31. The summed E-state index contributed by atoms with van der Waals surface area (Å²) < 4.78 is 7.53. The van der Waals surface area contributed by atoms with Gasteiger partial charge in [-0.1, -0.05) is 0 Å². The summed E-state index contributed by atoms with van der Waals surface area (Å²) in [6.45, 7) is 7.14. The molecule has 1 fully saturated rings. The first-order chi connectivity index (χ1) is 14.0. The summed E-state index contributed by atoms with van der Waals surface area (Å²) in [6.07, 6.45) is 3.63. The Morgan fingerprint density at radius 2 is 2.00 bits per heavy atom. The van der Waals surface area contributed by atoms with Crippen LogP contribution in [0.2, 0.25) is 0 Å². The molecule has 0 bridgehead atoms. The Morgan fingerprint density at radius 1 is 1.21 bits per heavy atom. The van der Waals surface area contributed by atoms with Crippen LogP contribution in [0.4, 0.5) is 0 Å². The molecule has 2 heterocycles. The highest BCUT2D eigenvalue weighted by atomic mass is 32.1. The Kier molecular flexibility index (Phi) is 5.92. The number of hydrogen-bond donors (Lipinski definition) is 1. The minimum atomic E-state index is -0.0863. The van der Waals surface area contributed by atoms with Crippen molar-refractivity contribution < 1.29 is 4.74 Å². The highest BCUT2D eigenvalue weighted by molar-refractivity contribution is 7.80. The smallest absolute Gasteiger partial charge is 0.265 e. The second-order valence-corrected chi connectivity index (χ2v) is 8.24. The molecular weight excluding hydrogens is 382 g/mol. The van der Waals surface area contributed by atoms with Crippen LogP contribution in [0.5, 0.6) is 5.75 Å². The SMILES string of the molecule is Cc1nc2ccc(S)cc2c(=O)n1-c1ccc(OCCCN2CCC[C@H]2C)cc1. The van der Waals surface area contributed by atoms with Crippen molar-refractivity contribution >= 4 is 23.5 Å². The van der Waals surface area contributed by atoms with Gasteiger partial charge in [0.05, 0.1) is 23.2 Å². The fourth-order valence-corrected chi connectivity index (χ4v) is 4.27. The summed E-state index contributed by atoms with van der Waals surface area (Å²) in [5.74, 6) is 1.48. The molecule has 3 aromatic rings. The van der Waals surface area contributed by atoms with Crippen molar-refractivity contribution in [3.05, 3.63) is 58.6 Å². The van der Waals surface area contributed by atoms with Crippen LogP contribution >= 0.6 is 12.6 Å². The molecule has 0 amide bonds. The Bertz CT molecular complexity index is 1060. The summed E-state index contributed by atoms with van der Waals surface area (Å²) in [7, 11) is 0. The standard InChI is InChI=1S/C23H27N3O2S/c1-16-5-3-12-25(16)13-4-14-28-19-8-6-18(7-9-19)26-17(2)24-22-11-10-20(29)15-21(22)23(26)27/h6-11,15-16,29H,3-5,12-14H2,1-2H3/t16-/m1/s1. The first kappa shape index (κ1) is 20.0. The number of likely N-dealkylation sites (tertiary alicyclic amines) is 1. The van der Waals surface area contributed by atoms with Gasteiger partial charge in [-0.15, -0.1) is 12.6 Å². The van der Waals surface area contributed by atoms with Gasteiger partial charge in [0.1, 0.15) is 11.6 Å². The average molecular weight is 410 g/mol. The summed E-state index contributed by atoms with van der Waals surface area (Å²) in [5, 5.41) is 0.569. The molecule has 152 valence electrons. The van der Waals surface area contributed by atoms with E-state index in [1.54, 1.807) is 10.6 Å². The maximum Gasteiger partial charge on any atom is 0.265 e. The number of fused-ring (bicyclic) bond motifs is 1. The molecule has 6 heteroatoms. The van der Waals surface area contributed by atoms with Gasteiger partial charge in [0.15, 0.2) is 0 Å². The fraction of sp³-hybridized carbons (Fsp3) is 0.391. The molecule has 0 radical (unpaired) electrons. The largest absolute Gasteiger partial charge is 0.494 e. The monoisotopic (exact) mass is 409 g/mol. The van der Waals surface area contributed by atoms with E-state index in [9.17, 15) is 4.79 Å². The third-order valence-electron chi connectivity index (χ3n) is 5.66. The molecule has 0 saturated carbocycles. The lowest BCUT2D eigenvalue weighted by Crippen LogP contribution is -2.28. The summed E-state index contributed by atoms with van der Waals surface area (Å²) >= 11 is 4.35. The molecule has 1 aliphatic heterocycles. The van der Waals surface area contributed by atoms with E-state index in [1.165, 1.54) is 19.4 Å². The molecule has 29 heavy (non-hydrogen) atoms. The second kappa shape index (κ2) is 8.59. The predicted molar refractivity (Wildman–Crippen MR) is 120 cm³/mol.